The molecule has 2 aromatic heterocycles. The van der Waals surface area contributed by atoms with Crippen molar-refractivity contribution in [3.05, 3.63) is 118 Å². The Kier molecular flexibility index (Phi) is 11.4. The van der Waals surface area contributed by atoms with Gasteiger partial charge >= 0.3 is 40.0 Å². The summed E-state index contributed by atoms with van der Waals surface area (Å²) >= 11 is 0. The summed E-state index contributed by atoms with van der Waals surface area (Å²) < 4.78 is 4.29. The molecular formula is C45H52AuN5+2. The average Bonchev–Trinajstić information content (AvgIpc) is 3.63. The second-order valence-corrected chi connectivity index (χ2v) is 15.2. The number of hydrogen-bond acceptors (Lipinski definition) is 2. The fourth-order valence-corrected chi connectivity index (χ4v) is 7.42. The maximum absolute atomic E-state index is 4.80. The Balaban J connectivity index is 0.000000235. The predicted octanol–water partition coefficient (Wildman–Crippen LogP) is 12.0. The van der Waals surface area contributed by atoms with Gasteiger partial charge in [0, 0.05) is 27.2 Å². The van der Waals surface area contributed by atoms with Gasteiger partial charge in [-0.2, -0.15) is 4.98 Å². The Morgan fingerprint density at radius 2 is 0.863 bits per heavy atom. The zero-order chi connectivity index (χ0) is 36.0. The molecule has 0 aliphatic carbocycles. The molecule has 0 bridgehead atoms. The van der Waals surface area contributed by atoms with Crippen molar-refractivity contribution in [2.45, 2.75) is 107 Å². The fraction of sp³-hybridized carbons (Fsp3) is 0.356. The third kappa shape index (κ3) is 7.19. The molecule has 0 unspecified atom stereocenters. The number of benzene rings is 4. The van der Waals surface area contributed by atoms with Gasteiger partial charge in [0.25, 0.3) is 0 Å². The second kappa shape index (κ2) is 15.2. The van der Waals surface area contributed by atoms with Crippen molar-refractivity contribution < 1.29 is 22.4 Å². The molecule has 0 saturated heterocycles. The zero-order valence-corrected chi connectivity index (χ0v) is 34.4. The molecule has 0 amide bonds. The number of aryl methyl sites for hydroxylation is 4. The molecule has 0 N–H and O–H groups in total. The van der Waals surface area contributed by atoms with Gasteiger partial charge in [0.15, 0.2) is 17.6 Å². The van der Waals surface area contributed by atoms with Gasteiger partial charge in [-0.3, -0.25) is 0 Å². The summed E-state index contributed by atoms with van der Waals surface area (Å²) in [5, 5.41) is 2.59. The molecule has 6 aromatic rings. The summed E-state index contributed by atoms with van der Waals surface area (Å²) in [5.41, 5.74) is 15.0. The Morgan fingerprint density at radius 3 is 1.18 bits per heavy atom. The van der Waals surface area contributed by atoms with Gasteiger partial charge in [-0.05, 0) is 62.1 Å². The van der Waals surface area contributed by atoms with Gasteiger partial charge in [-0.1, -0.05) is 147 Å². The third-order valence-electron chi connectivity index (χ3n) is 9.82. The van der Waals surface area contributed by atoms with Crippen LogP contribution >= 0.6 is 0 Å². The van der Waals surface area contributed by atoms with Gasteiger partial charge < -0.3 is 4.98 Å². The summed E-state index contributed by atoms with van der Waals surface area (Å²) in [4.78, 5) is 14.4. The largest absolute Gasteiger partial charge is 1.00 e. The molecule has 6 heteroatoms. The van der Waals surface area contributed by atoms with Crippen LogP contribution in [0.1, 0.15) is 124 Å². The van der Waals surface area contributed by atoms with E-state index in [9.17, 15) is 0 Å². The minimum atomic E-state index is 0. The van der Waals surface area contributed by atoms with E-state index in [1.165, 1.54) is 66.7 Å². The molecule has 1 aliphatic heterocycles. The number of hydrogen-bond donors (Lipinski definition) is 0. The first-order valence-electron chi connectivity index (χ1n) is 18.2. The molecule has 4 aromatic carbocycles. The summed E-state index contributed by atoms with van der Waals surface area (Å²) in [5.74, 6) is 3.18. The van der Waals surface area contributed by atoms with Crippen LogP contribution in [0.4, 0.5) is 23.0 Å². The number of rotatable bonds is 6. The summed E-state index contributed by atoms with van der Waals surface area (Å²) in [6.45, 7) is 26.6. The molecule has 3 heterocycles. The maximum atomic E-state index is 4.80. The van der Waals surface area contributed by atoms with E-state index in [0.717, 1.165) is 22.7 Å². The predicted molar refractivity (Wildman–Crippen MR) is 213 cm³/mol. The van der Waals surface area contributed by atoms with Crippen LogP contribution in [0.2, 0.25) is 0 Å². The van der Waals surface area contributed by atoms with E-state index in [1.54, 1.807) is 12.4 Å². The van der Waals surface area contributed by atoms with E-state index < -0.39 is 0 Å². The SMILES string of the molecule is CC(C)c1cccc(C(C)C)c1[N+]1=C=[N+](c2c(C(C)C)cccc2C(C)C)c2nccnc21.Cc1cc(C)c2[n-]c3c(C)cc(C)cc3c2c1.[Au+]. The van der Waals surface area contributed by atoms with Gasteiger partial charge in [-0.15, -0.1) is 11.0 Å². The van der Waals surface area contributed by atoms with Crippen LogP contribution in [0.15, 0.2) is 73.1 Å². The fourth-order valence-electron chi connectivity index (χ4n) is 7.42. The second-order valence-electron chi connectivity index (χ2n) is 15.2. The molecule has 1 aliphatic rings. The average molecular weight is 860 g/mol. The van der Waals surface area contributed by atoms with Crippen LogP contribution in [-0.4, -0.2) is 16.0 Å². The molecular weight excluding hydrogens is 807 g/mol. The molecule has 5 nitrogen and oxygen atoms in total. The van der Waals surface area contributed by atoms with Crippen molar-refractivity contribution in [1.29, 1.82) is 0 Å². The monoisotopic (exact) mass is 859 g/mol. The van der Waals surface area contributed by atoms with Crippen molar-refractivity contribution >= 4 is 50.8 Å². The Morgan fingerprint density at radius 1 is 0.529 bits per heavy atom. The van der Waals surface area contributed by atoms with E-state index in [1.807, 2.05) is 0 Å². The van der Waals surface area contributed by atoms with Crippen LogP contribution in [0.3, 0.4) is 0 Å². The van der Waals surface area contributed by atoms with Gasteiger partial charge in [0.1, 0.15) is 0 Å². The Labute approximate surface area is 320 Å². The number of aromatic nitrogens is 3. The number of para-hydroxylation sites is 2. The molecule has 0 fully saturated rings. The third-order valence-corrected chi connectivity index (χ3v) is 9.82. The van der Waals surface area contributed by atoms with Gasteiger partial charge in [0.2, 0.25) is 0 Å². The first-order valence-corrected chi connectivity index (χ1v) is 18.2. The van der Waals surface area contributed by atoms with E-state index >= 15 is 0 Å². The first-order chi connectivity index (χ1) is 23.8. The first kappa shape index (κ1) is 38.1. The van der Waals surface area contributed by atoms with Crippen molar-refractivity contribution in [3.8, 4) is 0 Å². The zero-order valence-electron chi connectivity index (χ0n) is 32.3. The summed E-state index contributed by atoms with van der Waals surface area (Å²) in [6.07, 6.45) is 3.56. The van der Waals surface area contributed by atoms with Crippen molar-refractivity contribution in [2.24, 2.45) is 0 Å². The van der Waals surface area contributed by atoms with Crippen LogP contribution in [0.25, 0.3) is 21.8 Å². The standard InChI is InChI=1S/C29H36N4.C16H16N.Au/c1-18(2)22-11-9-12-23(19(3)4)26(22)32-17-33(29-28(32)30-15-16-31-29)27-24(20(5)6)13-10-14-25(27)21(7)8;1-9-5-11(3)15-13(7-9)14-8-10(2)6-12(4)16(14)17-15;/h9-16,18-21H,1-8H3;5-8H,1-4H3;/q+2;-1;+1. The Hall–Kier alpha value is -4.12. The molecule has 7 rings (SSSR count). The van der Waals surface area contributed by atoms with E-state index in [2.05, 4.69) is 159 Å². The van der Waals surface area contributed by atoms with Crippen molar-refractivity contribution in [2.75, 3.05) is 0 Å². The van der Waals surface area contributed by atoms with Crippen LogP contribution in [0, 0.1) is 27.7 Å². The van der Waals surface area contributed by atoms with Crippen LogP contribution in [0.5, 0.6) is 0 Å². The van der Waals surface area contributed by atoms with Crippen LogP contribution in [-0.2, 0) is 22.4 Å². The van der Waals surface area contributed by atoms with Crippen molar-refractivity contribution in [3.63, 3.8) is 0 Å². The number of nitrogens with zero attached hydrogens (tertiary/aromatic N) is 5. The molecule has 0 spiro atoms. The van der Waals surface area contributed by atoms with Crippen molar-refractivity contribution in [1.82, 2.24) is 24.1 Å². The topological polar surface area (TPSA) is 45.9 Å². The van der Waals surface area contributed by atoms with Gasteiger partial charge in [-0.25, -0.2) is 0 Å². The summed E-state index contributed by atoms with van der Waals surface area (Å²) in [7, 11) is 0. The molecule has 0 radical (unpaired) electrons. The normalized spacial score (nSPS) is 12.4. The van der Waals surface area contributed by atoms with E-state index in [4.69, 9.17) is 15.0 Å². The van der Waals surface area contributed by atoms with E-state index in [0.29, 0.717) is 23.7 Å². The Bertz CT molecular complexity index is 2110. The molecule has 51 heavy (non-hydrogen) atoms. The van der Waals surface area contributed by atoms with Gasteiger partial charge in [0.05, 0.1) is 6.20 Å². The molecule has 0 saturated carbocycles. The van der Waals surface area contributed by atoms with Crippen LogP contribution < -0.4 is 14.1 Å². The maximum Gasteiger partial charge on any atom is 1.00 e. The van der Waals surface area contributed by atoms with E-state index in [-0.39, 0.29) is 22.4 Å². The smallest absolute Gasteiger partial charge is 0.656 e. The quantitative estimate of drug-likeness (QED) is 0.124. The number of fused-ring (bicyclic) bond motifs is 4. The summed E-state index contributed by atoms with van der Waals surface area (Å²) in [6, 6.07) is 25.9. The molecule has 266 valence electrons. The minimum absolute atomic E-state index is 0. The minimum Gasteiger partial charge on any atom is -0.656 e. The molecule has 0 atom stereocenters.